The molecule has 2 atom stereocenters. The van der Waals surface area contributed by atoms with Crippen LogP contribution in [0.3, 0.4) is 0 Å². The minimum atomic E-state index is -0.840. The van der Waals surface area contributed by atoms with Gasteiger partial charge in [-0.1, -0.05) is 19.3 Å². The lowest BCUT2D eigenvalue weighted by Gasteiger charge is -2.37. The standard InChI is InChI=1S/C14H28O6/c15-6-12(17)8-19-10-14(4-2-1-3-5-14)11-20-9-13(18)7-16/h12-13,15-18H,1-11H2. The molecule has 0 amide bonds. The van der Waals surface area contributed by atoms with E-state index in [0.717, 1.165) is 25.7 Å². The molecule has 2 unspecified atom stereocenters. The molecule has 0 aromatic rings. The van der Waals surface area contributed by atoms with Gasteiger partial charge in [0.15, 0.2) is 0 Å². The molecule has 20 heavy (non-hydrogen) atoms. The summed E-state index contributed by atoms with van der Waals surface area (Å²) >= 11 is 0. The van der Waals surface area contributed by atoms with Crippen LogP contribution in [0.2, 0.25) is 0 Å². The van der Waals surface area contributed by atoms with Crippen LogP contribution in [0.15, 0.2) is 0 Å². The Morgan fingerprint density at radius 2 is 1.25 bits per heavy atom. The molecule has 1 aliphatic rings. The van der Waals surface area contributed by atoms with Gasteiger partial charge in [0.1, 0.15) is 12.2 Å². The molecular formula is C14H28O6. The second kappa shape index (κ2) is 9.65. The highest BCUT2D eigenvalue weighted by atomic mass is 16.5. The Hall–Kier alpha value is -0.240. The maximum absolute atomic E-state index is 9.29. The predicted octanol–water partition coefficient (Wildman–Crippen LogP) is -0.323. The fourth-order valence-corrected chi connectivity index (χ4v) is 2.56. The first-order chi connectivity index (χ1) is 9.62. The SMILES string of the molecule is OCC(O)COCC1(COCC(O)CO)CCCCC1. The lowest BCUT2D eigenvalue weighted by molar-refractivity contribution is -0.0809. The van der Waals surface area contributed by atoms with E-state index in [2.05, 4.69) is 0 Å². The molecule has 4 N–H and O–H groups in total. The minimum absolute atomic E-state index is 0.0808. The normalized spacial score (nSPS) is 21.6. The van der Waals surface area contributed by atoms with Gasteiger partial charge in [0, 0.05) is 5.41 Å². The Morgan fingerprint density at radius 3 is 1.65 bits per heavy atom. The summed E-state index contributed by atoms with van der Waals surface area (Å²) in [5, 5.41) is 36.1. The monoisotopic (exact) mass is 292 g/mol. The Labute approximate surface area is 120 Å². The van der Waals surface area contributed by atoms with Gasteiger partial charge < -0.3 is 29.9 Å². The van der Waals surface area contributed by atoms with Crippen molar-refractivity contribution in [2.45, 2.75) is 44.3 Å². The van der Waals surface area contributed by atoms with Gasteiger partial charge >= 0.3 is 0 Å². The summed E-state index contributed by atoms with van der Waals surface area (Å²) in [6.45, 7) is 0.617. The molecule has 6 nitrogen and oxygen atoms in total. The molecule has 0 radical (unpaired) electrons. The van der Waals surface area contributed by atoms with Crippen LogP contribution in [0.25, 0.3) is 0 Å². The maximum atomic E-state index is 9.29. The largest absolute Gasteiger partial charge is 0.394 e. The number of rotatable bonds is 10. The Balaban J connectivity index is 2.36. The van der Waals surface area contributed by atoms with Crippen molar-refractivity contribution in [2.24, 2.45) is 5.41 Å². The highest BCUT2D eigenvalue weighted by Crippen LogP contribution is 2.37. The summed E-state index contributed by atoms with van der Waals surface area (Å²) in [5.74, 6) is 0. The van der Waals surface area contributed by atoms with Gasteiger partial charge in [-0.15, -0.1) is 0 Å². The molecule has 1 rings (SSSR count). The Kier molecular flexibility index (Phi) is 8.60. The van der Waals surface area contributed by atoms with Gasteiger partial charge in [-0.2, -0.15) is 0 Å². The van der Waals surface area contributed by atoms with E-state index in [1.54, 1.807) is 0 Å². The molecule has 0 aromatic carbocycles. The molecule has 0 aromatic heterocycles. The zero-order valence-corrected chi connectivity index (χ0v) is 12.0. The molecular weight excluding hydrogens is 264 g/mol. The molecule has 120 valence electrons. The first-order valence-corrected chi connectivity index (χ1v) is 7.35. The van der Waals surface area contributed by atoms with Gasteiger partial charge in [-0.05, 0) is 12.8 Å². The van der Waals surface area contributed by atoms with Gasteiger partial charge in [0.2, 0.25) is 0 Å². The highest BCUT2D eigenvalue weighted by molar-refractivity contribution is 4.83. The quantitative estimate of drug-likeness (QED) is 0.440. The second-order valence-corrected chi connectivity index (χ2v) is 5.76. The number of aliphatic hydroxyl groups is 4. The van der Waals surface area contributed by atoms with E-state index in [0.29, 0.717) is 13.2 Å². The number of hydrogen-bond donors (Lipinski definition) is 4. The molecule has 0 heterocycles. The molecule has 1 fully saturated rings. The van der Waals surface area contributed by atoms with Crippen molar-refractivity contribution in [3.05, 3.63) is 0 Å². The van der Waals surface area contributed by atoms with Crippen molar-refractivity contribution in [1.82, 2.24) is 0 Å². The van der Waals surface area contributed by atoms with Crippen LogP contribution < -0.4 is 0 Å². The fourth-order valence-electron chi connectivity index (χ4n) is 2.56. The molecule has 6 heteroatoms. The van der Waals surface area contributed by atoms with Gasteiger partial charge in [0.05, 0.1) is 39.6 Å². The third-order valence-corrected chi connectivity index (χ3v) is 3.77. The average Bonchev–Trinajstić information content (AvgIpc) is 2.47. The summed E-state index contributed by atoms with van der Waals surface area (Å²) in [4.78, 5) is 0. The van der Waals surface area contributed by atoms with Gasteiger partial charge in [0.25, 0.3) is 0 Å². The molecule has 0 bridgehead atoms. The number of aliphatic hydroxyl groups excluding tert-OH is 4. The van der Waals surface area contributed by atoms with Crippen LogP contribution in [0.4, 0.5) is 0 Å². The Bertz CT molecular complexity index is 224. The molecule has 0 saturated heterocycles. The summed E-state index contributed by atoms with van der Waals surface area (Å²) in [6, 6.07) is 0. The van der Waals surface area contributed by atoms with Crippen molar-refractivity contribution in [1.29, 1.82) is 0 Å². The van der Waals surface area contributed by atoms with Crippen molar-refractivity contribution in [2.75, 3.05) is 39.6 Å². The predicted molar refractivity (Wildman–Crippen MR) is 73.3 cm³/mol. The molecule has 0 spiro atoms. The highest BCUT2D eigenvalue weighted by Gasteiger charge is 2.33. The topological polar surface area (TPSA) is 99.4 Å². The molecule has 1 saturated carbocycles. The number of hydrogen-bond acceptors (Lipinski definition) is 6. The average molecular weight is 292 g/mol. The van der Waals surface area contributed by atoms with E-state index in [1.165, 1.54) is 6.42 Å². The molecule has 0 aliphatic heterocycles. The first-order valence-electron chi connectivity index (χ1n) is 7.35. The van der Waals surface area contributed by atoms with Crippen molar-refractivity contribution in [3.8, 4) is 0 Å². The van der Waals surface area contributed by atoms with Crippen LogP contribution in [-0.4, -0.2) is 72.3 Å². The van der Waals surface area contributed by atoms with Crippen LogP contribution >= 0.6 is 0 Å². The third kappa shape index (κ3) is 6.47. The smallest absolute Gasteiger partial charge is 0.100 e. The van der Waals surface area contributed by atoms with Gasteiger partial charge in [-0.3, -0.25) is 0 Å². The zero-order chi connectivity index (χ0) is 14.8. The minimum Gasteiger partial charge on any atom is -0.394 e. The van der Waals surface area contributed by atoms with E-state index in [-0.39, 0.29) is 31.8 Å². The van der Waals surface area contributed by atoms with Crippen molar-refractivity contribution in [3.63, 3.8) is 0 Å². The third-order valence-electron chi connectivity index (χ3n) is 3.77. The van der Waals surface area contributed by atoms with E-state index in [9.17, 15) is 10.2 Å². The summed E-state index contributed by atoms with van der Waals surface area (Å²) < 4.78 is 11.0. The second-order valence-electron chi connectivity index (χ2n) is 5.76. The van der Waals surface area contributed by atoms with Crippen LogP contribution in [0.5, 0.6) is 0 Å². The number of ether oxygens (including phenoxy) is 2. The molecule has 1 aliphatic carbocycles. The van der Waals surface area contributed by atoms with Crippen LogP contribution in [0.1, 0.15) is 32.1 Å². The Morgan fingerprint density at radius 1 is 0.800 bits per heavy atom. The van der Waals surface area contributed by atoms with Gasteiger partial charge in [-0.25, -0.2) is 0 Å². The van der Waals surface area contributed by atoms with Crippen LogP contribution in [0, 0.1) is 5.41 Å². The first kappa shape index (κ1) is 17.8. The van der Waals surface area contributed by atoms with Crippen LogP contribution in [-0.2, 0) is 9.47 Å². The van der Waals surface area contributed by atoms with E-state index in [4.69, 9.17) is 19.7 Å². The lowest BCUT2D eigenvalue weighted by atomic mass is 9.75. The summed E-state index contributed by atoms with van der Waals surface area (Å²) in [6.07, 6.45) is 3.77. The zero-order valence-electron chi connectivity index (χ0n) is 12.0. The summed E-state index contributed by atoms with van der Waals surface area (Å²) in [5.41, 5.74) is -0.0808. The van der Waals surface area contributed by atoms with Crippen molar-refractivity contribution >= 4 is 0 Å². The van der Waals surface area contributed by atoms with E-state index in [1.807, 2.05) is 0 Å². The van der Waals surface area contributed by atoms with Crippen molar-refractivity contribution < 1.29 is 29.9 Å². The fraction of sp³-hybridized carbons (Fsp3) is 1.00. The van der Waals surface area contributed by atoms with E-state index < -0.39 is 12.2 Å². The maximum Gasteiger partial charge on any atom is 0.100 e. The van der Waals surface area contributed by atoms with E-state index >= 15 is 0 Å². The lowest BCUT2D eigenvalue weighted by Crippen LogP contribution is -2.37. The summed E-state index contributed by atoms with van der Waals surface area (Å²) in [7, 11) is 0.